The zero-order valence-corrected chi connectivity index (χ0v) is 19.2. The maximum atomic E-state index is 12.9. The van der Waals surface area contributed by atoms with Crippen molar-refractivity contribution in [2.75, 3.05) is 25.6 Å². The average molecular weight is 471 g/mol. The molecule has 0 saturated heterocycles. The lowest BCUT2D eigenvalue weighted by Crippen LogP contribution is -2.38. The maximum absolute atomic E-state index is 12.9. The summed E-state index contributed by atoms with van der Waals surface area (Å²) in [6.45, 7) is 0.559. The molecule has 0 unspecified atom stereocenters. The van der Waals surface area contributed by atoms with Gasteiger partial charge in [0.15, 0.2) is 0 Å². The molecule has 0 saturated carbocycles. The van der Waals surface area contributed by atoms with Crippen LogP contribution >= 0.6 is 11.3 Å². The van der Waals surface area contributed by atoms with Crippen LogP contribution in [0, 0.1) is 0 Å². The van der Waals surface area contributed by atoms with Gasteiger partial charge in [-0.25, -0.2) is 4.79 Å². The lowest BCUT2D eigenvalue weighted by Gasteiger charge is -2.13. The standard InChI is InChI=1S/C23H26N4O5S/c1-32-12-6-11-24-20(29)19-15-8-3-5-10-17(15)33-21(19)26-18(28)13-27-22(30)14-7-2-4-9-16(14)25-23(27)31/h2,4,7,9H,3,5-6,8,10-13H2,1H3,(H,24,29)(H,25,31)(H,26,28). The Bertz CT molecular complexity index is 1310. The molecule has 33 heavy (non-hydrogen) atoms. The van der Waals surface area contributed by atoms with Gasteiger partial charge in [0.25, 0.3) is 11.5 Å². The topological polar surface area (TPSA) is 122 Å². The Morgan fingerprint density at radius 3 is 2.79 bits per heavy atom. The number of rotatable bonds is 8. The van der Waals surface area contributed by atoms with Crippen LogP contribution < -0.4 is 21.9 Å². The van der Waals surface area contributed by atoms with Gasteiger partial charge in [-0.2, -0.15) is 0 Å². The van der Waals surface area contributed by atoms with E-state index in [1.807, 2.05) is 0 Å². The Kier molecular flexibility index (Phi) is 7.05. The van der Waals surface area contributed by atoms with Gasteiger partial charge in [0.2, 0.25) is 5.91 Å². The molecule has 3 aromatic rings. The van der Waals surface area contributed by atoms with Crippen molar-refractivity contribution < 1.29 is 14.3 Å². The summed E-state index contributed by atoms with van der Waals surface area (Å²) in [5, 5.41) is 6.47. The fourth-order valence-electron chi connectivity index (χ4n) is 4.05. The summed E-state index contributed by atoms with van der Waals surface area (Å²) in [6, 6.07) is 6.65. The van der Waals surface area contributed by atoms with Crippen LogP contribution in [0.15, 0.2) is 33.9 Å². The third-order valence-electron chi connectivity index (χ3n) is 5.65. The SMILES string of the molecule is COCCCNC(=O)c1c(NC(=O)Cn2c(=O)[nH]c3ccccc3c2=O)sc2c1CCCC2. The molecule has 174 valence electrons. The highest BCUT2D eigenvalue weighted by Gasteiger charge is 2.26. The molecule has 0 radical (unpaired) electrons. The molecule has 1 aliphatic rings. The van der Waals surface area contributed by atoms with Crippen molar-refractivity contribution >= 4 is 39.1 Å². The van der Waals surface area contributed by atoms with Crippen molar-refractivity contribution in [1.82, 2.24) is 14.9 Å². The van der Waals surface area contributed by atoms with Crippen molar-refractivity contribution in [2.24, 2.45) is 0 Å². The van der Waals surface area contributed by atoms with E-state index in [0.29, 0.717) is 41.0 Å². The molecule has 0 bridgehead atoms. The molecule has 0 spiro atoms. The van der Waals surface area contributed by atoms with Crippen LogP contribution in [0.1, 0.15) is 40.1 Å². The van der Waals surface area contributed by atoms with E-state index in [-0.39, 0.29) is 5.91 Å². The van der Waals surface area contributed by atoms with E-state index >= 15 is 0 Å². The number of hydrogen-bond acceptors (Lipinski definition) is 6. The van der Waals surface area contributed by atoms with E-state index < -0.39 is 23.7 Å². The highest BCUT2D eigenvalue weighted by molar-refractivity contribution is 7.17. The quantitative estimate of drug-likeness (QED) is 0.435. The third-order valence-corrected chi connectivity index (χ3v) is 6.86. The Hall–Kier alpha value is -3.24. The number of aryl methyl sites for hydroxylation is 1. The smallest absolute Gasteiger partial charge is 0.329 e. The van der Waals surface area contributed by atoms with E-state index in [9.17, 15) is 19.2 Å². The summed E-state index contributed by atoms with van der Waals surface area (Å²) in [5.41, 5.74) is 0.691. The molecule has 2 heterocycles. The third kappa shape index (κ3) is 4.91. The number of thiophene rings is 1. The van der Waals surface area contributed by atoms with Crippen LogP contribution in [-0.2, 0) is 28.9 Å². The Morgan fingerprint density at radius 1 is 1.18 bits per heavy atom. The monoisotopic (exact) mass is 470 g/mol. The number of anilines is 1. The molecule has 9 nitrogen and oxygen atoms in total. The van der Waals surface area contributed by atoms with Crippen LogP contribution in [0.5, 0.6) is 0 Å². The number of fused-ring (bicyclic) bond motifs is 2. The fourth-order valence-corrected chi connectivity index (χ4v) is 5.36. The number of carbonyl (C=O) groups is 2. The molecule has 10 heteroatoms. The molecule has 0 fully saturated rings. The van der Waals surface area contributed by atoms with Gasteiger partial charge in [0.05, 0.1) is 16.5 Å². The van der Waals surface area contributed by atoms with Crippen molar-refractivity contribution in [3.63, 3.8) is 0 Å². The summed E-state index contributed by atoms with van der Waals surface area (Å²) in [7, 11) is 1.61. The van der Waals surface area contributed by atoms with Gasteiger partial charge in [-0.1, -0.05) is 12.1 Å². The summed E-state index contributed by atoms with van der Waals surface area (Å²) in [4.78, 5) is 54.7. The molecule has 2 aromatic heterocycles. The first-order valence-corrected chi connectivity index (χ1v) is 11.7. The van der Waals surface area contributed by atoms with Gasteiger partial charge in [-0.3, -0.25) is 19.0 Å². The molecular formula is C23H26N4O5S. The van der Waals surface area contributed by atoms with E-state index in [0.717, 1.165) is 40.7 Å². The number of carbonyl (C=O) groups excluding carboxylic acids is 2. The summed E-state index contributed by atoms with van der Waals surface area (Å²) in [5.74, 6) is -0.772. The van der Waals surface area contributed by atoms with E-state index in [1.54, 1.807) is 31.4 Å². The first-order valence-electron chi connectivity index (χ1n) is 10.9. The molecule has 0 atom stereocenters. The summed E-state index contributed by atoms with van der Waals surface area (Å²) >= 11 is 1.39. The van der Waals surface area contributed by atoms with Crippen molar-refractivity contribution in [3.05, 3.63) is 61.1 Å². The van der Waals surface area contributed by atoms with Crippen LogP contribution in [-0.4, -0.2) is 41.6 Å². The van der Waals surface area contributed by atoms with Gasteiger partial charge in [0, 0.05) is 25.1 Å². The highest BCUT2D eigenvalue weighted by atomic mass is 32.1. The molecular weight excluding hydrogens is 444 g/mol. The van der Waals surface area contributed by atoms with Crippen LogP contribution in [0.4, 0.5) is 5.00 Å². The first kappa shape index (κ1) is 22.9. The number of hydrogen-bond donors (Lipinski definition) is 3. The molecule has 2 amide bonds. The number of ether oxygens (including phenoxy) is 1. The second-order valence-electron chi connectivity index (χ2n) is 7.93. The van der Waals surface area contributed by atoms with E-state index in [1.165, 1.54) is 11.3 Å². The average Bonchev–Trinajstić information content (AvgIpc) is 3.17. The number of para-hydroxylation sites is 1. The number of nitrogens with one attached hydrogen (secondary N) is 3. The van der Waals surface area contributed by atoms with Gasteiger partial charge in [0.1, 0.15) is 11.5 Å². The van der Waals surface area contributed by atoms with Crippen molar-refractivity contribution in [2.45, 2.75) is 38.6 Å². The maximum Gasteiger partial charge on any atom is 0.329 e. The number of methoxy groups -OCH3 is 1. The summed E-state index contributed by atoms with van der Waals surface area (Å²) < 4.78 is 5.89. The Morgan fingerprint density at radius 2 is 1.97 bits per heavy atom. The zero-order valence-electron chi connectivity index (χ0n) is 18.4. The van der Waals surface area contributed by atoms with E-state index in [2.05, 4.69) is 15.6 Å². The Balaban J connectivity index is 1.58. The van der Waals surface area contributed by atoms with Crippen LogP contribution in [0.25, 0.3) is 10.9 Å². The lowest BCUT2D eigenvalue weighted by molar-refractivity contribution is -0.116. The molecule has 0 aliphatic heterocycles. The molecule has 3 N–H and O–H groups in total. The second-order valence-corrected chi connectivity index (χ2v) is 9.04. The normalized spacial score (nSPS) is 13.0. The predicted molar refractivity (Wildman–Crippen MR) is 127 cm³/mol. The minimum absolute atomic E-state index is 0.235. The highest BCUT2D eigenvalue weighted by Crippen LogP contribution is 2.38. The largest absolute Gasteiger partial charge is 0.385 e. The summed E-state index contributed by atoms with van der Waals surface area (Å²) in [6.07, 6.45) is 4.36. The van der Waals surface area contributed by atoms with Crippen LogP contribution in [0.3, 0.4) is 0 Å². The number of amides is 2. The van der Waals surface area contributed by atoms with Gasteiger partial charge < -0.3 is 20.4 Å². The molecule has 4 rings (SSSR count). The zero-order chi connectivity index (χ0) is 23.4. The first-order chi connectivity index (χ1) is 16.0. The van der Waals surface area contributed by atoms with Crippen molar-refractivity contribution in [3.8, 4) is 0 Å². The predicted octanol–water partition coefficient (Wildman–Crippen LogP) is 2.04. The number of aromatic amines is 1. The van der Waals surface area contributed by atoms with Gasteiger partial charge in [-0.15, -0.1) is 11.3 Å². The number of H-pyrrole nitrogens is 1. The van der Waals surface area contributed by atoms with Gasteiger partial charge >= 0.3 is 5.69 Å². The number of nitrogens with zero attached hydrogens (tertiary/aromatic N) is 1. The van der Waals surface area contributed by atoms with E-state index in [4.69, 9.17) is 4.74 Å². The minimum Gasteiger partial charge on any atom is -0.385 e. The number of benzene rings is 1. The number of aromatic nitrogens is 2. The van der Waals surface area contributed by atoms with Gasteiger partial charge in [-0.05, 0) is 49.8 Å². The molecule has 1 aliphatic carbocycles. The Labute approximate surface area is 193 Å². The minimum atomic E-state index is -0.657. The second kappa shape index (κ2) is 10.1. The fraction of sp³-hybridized carbons (Fsp3) is 0.391. The lowest BCUT2D eigenvalue weighted by atomic mass is 9.95. The van der Waals surface area contributed by atoms with Crippen molar-refractivity contribution in [1.29, 1.82) is 0 Å². The van der Waals surface area contributed by atoms with Crippen LogP contribution in [0.2, 0.25) is 0 Å². The molecule has 1 aromatic carbocycles.